The molecule has 2 aliphatic rings. The standard InChI is InChI=1S/C17H25NO2/c1-18(2)11-16-13-7-6-12(8-13)10-17(16,20)14-4-3-5-15(19)9-14/h3-5,9,12-13,16,19-20H,6-8,10-11H2,1-2H3/t12-,13-,16-,17-/m1/s1. The third-order valence-corrected chi connectivity index (χ3v) is 5.27. The largest absolute Gasteiger partial charge is 0.508 e. The van der Waals surface area contributed by atoms with Crippen LogP contribution in [0.3, 0.4) is 0 Å². The number of fused-ring (bicyclic) bond motifs is 2. The Balaban J connectivity index is 1.98. The Labute approximate surface area is 121 Å². The minimum absolute atomic E-state index is 0.248. The van der Waals surface area contributed by atoms with Crippen LogP contribution in [0.15, 0.2) is 24.3 Å². The van der Waals surface area contributed by atoms with Gasteiger partial charge < -0.3 is 15.1 Å². The van der Waals surface area contributed by atoms with Crippen molar-refractivity contribution in [2.45, 2.75) is 31.3 Å². The average molecular weight is 275 g/mol. The first-order valence-electron chi connectivity index (χ1n) is 7.65. The molecule has 110 valence electrons. The number of aromatic hydroxyl groups is 1. The van der Waals surface area contributed by atoms with E-state index in [9.17, 15) is 10.2 Å². The lowest BCUT2D eigenvalue weighted by molar-refractivity contribution is -0.0892. The van der Waals surface area contributed by atoms with Gasteiger partial charge in [0.25, 0.3) is 0 Å². The minimum Gasteiger partial charge on any atom is -0.508 e. The van der Waals surface area contributed by atoms with Crippen LogP contribution in [0.4, 0.5) is 0 Å². The fourth-order valence-electron chi connectivity index (χ4n) is 4.45. The molecule has 4 atom stereocenters. The van der Waals surface area contributed by atoms with Gasteiger partial charge in [-0.25, -0.2) is 0 Å². The third-order valence-electron chi connectivity index (χ3n) is 5.27. The molecule has 20 heavy (non-hydrogen) atoms. The van der Waals surface area contributed by atoms with E-state index in [1.165, 1.54) is 19.3 Å². The van der Waals surface area contributed by atoms with Crippen LogP contribution in [0.25, 0.3) is 0 Å². The molecule has 3 nitrogen and oxygen atoms in total. The smallest absolute Gasteiger partial charge is 0.115 e. The number of hydrogen-bond acceptors (Lipinski definition) is 3. The molecule has 0 radical (unpaired) electrons. The van der Waals surface area contributed by atoms with Gasteiger partial charge in [0.15, 0.2) is 0 Å². The molecular formula is C17H25NO2. The van der Waals surface area contributed by atoms with E-state index in [1.807, 2.05) is 12.1 Å². The van der Waals surface area contributed by atoms with Crippen LogP contribution in [-0.4, -0.2) is 35.8 Å². The Morgan fingerprint density at radius 2 is 2.10 bits per heavy atom. The fraction of sp³-hybridized carbons (Fsp3) is 0.647. The first-order valence-corrected chi connectivity index (χ1v) is 7.65. The maximum absolute atomic E-state index is 11.4. The van der Waals surface area contributed by atoms with Crippen molar-refractivity contribution >= 4 is 0 Å². The van der Waals surface area contributed by atoms with Gasteiger partial charge in [-0.05, 0) is 62.9 Å². The quantitative estimate of drug-likeness (QED) is 0.891. The lowest BCUT2D eigenvalue weighted by Gasteiger charge is -2.45. The first-order chi connectivity index (χ1) is 9.49. The van der Waals surface area contributed by atoms with Crippen molar-refractivity contribution in [2.75, 3.05) is 20.6 Å². The molecule has 2 bridgehead atoms. The lowest BCUT2D eigenvalue weighted by Crippen LogP contribution is -2.47. The number of rotatable bonds is 3. The molecule has 0 aromatic heterocycles. The van der Waals surface area contributed by atoms with Crippen LogP contribution in [-0.2, 0) is 5.60 Å². The van der Waals surface area contributed by atoms with Crippen molar-refractivity contribution in [2.24, 2.45) is 17.8 Å². The molecule has 1 aromatic carbocycles. The maximum atomic E-state index is 11.4. The van der Waals surface area contributed by atoms with Gasteiger partial charge in [0, 0.05) is 12.5 Å². The molecular weight excluding hydrogens is 250 g/mol. The Bertz CT molecular complexity index is 488. The van der Waals surface area contributed by atoms with Crippen molar-refractivity contribution < 1.29 is 10.2 Å². The van der Waals surface area contributed by atoms with E-state index in [0.717, 1.165) is 18.5 Å². The lowest BCUT2D eigenvalue weighted by atomic mass is 9.66. The maximum Gasteiger partial charge on any atom is 0.115 e. The van der Waals surface area contributed by atoms with E-state index in [1.54, 1.807) is 12.1 Å². The van der Waals surface area contributed by atoms with Gasteiger partial charge in [-0.15, -0.1) is 0 Å². The van der Waals surface area contributed by atoms with Crippen LogP contribution in [0, 0.1) is 17.8 Å². The van der Waals surface area contributed by atoms with Gasteiger partial charge in [0.05, 0.1) is 5.60 Å². The Morgan fingerprint density at radius 1 is 1.30 bits per heavy atom. The van der Waals surface area contributed by atoms with Crippen LogP contribution < -0.4 is 0 Å². The molecule has 0 unspecified atom stereocenters. The van der Waals surface area contributed by atoms with E-state index in [2.05, 4.69) is 19.0 Å². The molecule has 2 N–H and O–H groups in total. The zero-order valence-electron chi connectivity index (χ0n) is 12.4. The van der Waals surface area contributed by atoms with E-state index in [0.29, 0.717) is 11.8 Å². The van der Waals surface area contributed by atoms with Crippen LogP contribution in [0.5, 0.6) is 5.75 Å². The molecule has 0 saturated heterocycles. The van der Waals surface area contributed by atoms with E-state index >= 15 is 0 Å². The number of aliphatic hydroxyl groups is 1. The van der Waals surface area contributed by atoms with Gasteiger partial charge >= 0.3 is 0 Å². The van der Waals surface area contributed by atoms with Gasteiger partial charge in [-0.1, -0.05) is 18.6 Å². The highest BCUT2D eigenvalue weighted by atomic mass is 16.3. The molecule has 1 aromatic rings. The van der Waals surface area contributed by atoms with Crippen molar-refractivity contribution in [3.05, 3.63) is 29.8 Å². The van der Waals surface area contributed by atoms with Gasteiger partial charge in [0.2, 0.25) is 0 Å². The SMILES string of the molecule is CN(C)C[C@@H]1[C@@H]2CC[C@H](C2)C[C@@]1(O)c1cccc(O)c1. The molecule has 2 saturated carbocycles. The summed E-state index contributed by atoms with van der Waals surface area (Å²) in [6.07, 6.45) is 4.59. The van der Waals surface area contributed by atoms with Crippen LogP contribution in [0.2, 0.25) is 0 Å². The van der Waals surface area contributed by atoms with Gasteiger partial charge in [0.1, 0.15) is 5.75 Å². The zero-order chi connectivity index (χ0) is 14.3. The second-order valence-electron chi connectivity index (χ2n) is 6.99. The number of hydrogen-bond donors (Lipinski definition) is 2. The first kappa shape index (κ1) is 13.9. The molecule has 0 heterocycles. The van der Waals surface area contributed by atoms with Gasteiger partial charge in [-0.2, -0.15) is 0 Å². The van der Waals surface area contributed by atoms with Gasteiger partial charge in [-0.3, -0.25) is 0 Å². The fourth-order valence-corrected chi connectivity index (χ4v) is 4.45. The van der Waals surface area contributed by atoms with Crippen LogP contribution >= 0.6 is 0 Å². The second-order valence-corrected chi connectivity index (χ2v) is 6.99. The Morgan fingerprint density at radius 3 is 2.80 bits per heavy atom. The zero-order valence-corrected chi connectivity index (χ0v) is 12.4. The number of phenols is 1. The second kappa shape index (κ2) is 5.05. The Hall–Kier alpha value is -1.06. The predicted octanol–water partition coefficient (Wildman–Crippen LogP) is 2.58. The third kappa shape index (κ3) is 2.33. The normalized spacial score (nSPS) is 36.5. The molecule has 2 aliphatic carbocycles. The molecule has 0 spiro atoms. The molecule has 0 amide bonds. The summed E-state index contributed by atoms with van der Waals surface area (Å²) in [6, 6.07) is 7.22. The molecule has 3 heteroatoms. The highest BCUT2D eigenvalue weighted by Gasteiger charge is 2.51. The molecule has 0 aliphatic heterocycles. The number of benzene rings is 1. The minimum atomic E-state index is -0.785. The van der Waals surface area contributed by atoms with Crippen molar-refractivity contribution in [3.63, 3.8) is 0 Å². The number of nitrogens with zero attached hydrogens (tertiary/aromatic N) is 1. The van der Waals surface area contributed by atoms with Crippen molar-refractivity contribution in [1.29, 1.82) is 0 Å². The monoisotopic (exact) mass is 275 g/mol. The summed E-state index contributed by atoms with van der Waals surface area (Å²) in [6.45, 7) is 0.906. The van der Waals surface area contributed by atoms with E-state index < -0.39 is 5.60 Å². The molecule has 2 fully saturated rings. The summed E-state index contributed by atoms with van der Waals surface area (Å²) in [4.78, 5) is 2.18. The highest BCUT2D eigenvalue weighted by molar-refractivity contribution is 5.33. The molecule has 3 rings (SSSR count). The topological polar surface area (TPSA) is 43.7 Å². The summed E-state index contributed by atoms with van der Waals surface area (Å²) in [5.41, 5.74) is 0.105. The number of phenolic OH excluding ortho intramolecular Hbond substituents is 1. The summed E-state index contributed by atoms with van der Waals surface area (Å²) < 4.78 is 0. The van der Waals surface area contributed by atoms with Crippen LogP contribution in [0.1, 0.15) is 31.2 Å². The summed E-state index contributed by atoms with van der Waals surface area (Å²) >= 11 is 0. The summed E-state index contributed by atoms with van der Waals surface area (Å²) in [5.74, 6) is 1.77. The summed E-state index contributed by atoms with van der Waals surface area (Å²) in [5, 5.41) is 21.2. The van der Waals surface area contributed by atoms with Crippen molar-refractivity contribution in [3.8, 4) is 5.75 Å². The van der Waals surface area contributed by atoms with E-state index in [4.69, 9.17) is 0 Å². The Kier molecular flexibility index (Phi) is 3.51. The van der Waals surface area contributed by atoms with E-state index in [-0.39, 0.29) is 11.7 Å². The highest BCUT2D eigenvalue weighted by Crippen LogP contribution is 2.54. The van der Waals surface area contributed by atoms with Crippen molar-refractivity contribution in [1.82, 2.24) is 4.90 Å². The average Bonchev–Trinajstić information content (AvgIpc) is 2.78. The summed E-state index contributed by atoms with van der Waals surface area (Å²) in [7, 11) is 4.15. The predicted molar refractivity (Wildman–Crippen MR) is 79.5 cm³/mol.